The second kappa shape index (κ2) is 8.26. The molecule has 1 saturated heterocycles. The number of carbonyl (C=O) groups is 1. The van der Waals surface area contributed by atoms with Gasteiger partial charge < -0.3 is 10.1 Å². The highest BCUT2D eigenvalue weighted by Gasteiger charge is 2.24. The number of aliphatic imine (C=N–C) groups is 1. The van der Waals surface area contributed by atoms with E-state index in [2.05, 4.69) is 10.3 Å². The number of nitro benzene ring substituents is 1. The van der Waals surface area contributed by atoms with E-state index in [0.29, 0.717) is 22.2 Å². The molecule has 0 unspecified atom stereocenters. The van der Waals surface area contributed by atoms with Crippen molar-refractivity contribution in [1.29, 1.82) is 0 Å². The second-order valence-corrected chi connectivity index (χ2v) is 7.20. The zero-order chi connectivity index (χ0) is 20.3. The third kappa shape index (κ3) is 4.40. The van der Waals surface area contributed by atoms with Gasteiger partial charge in [0, 0.05) is 6.07 Å². The molecule has 7 nitrogen and oxygen atoms in total. The molecule has 0 aromatic heterocycles. The molecular formula is C20H19N3O4S. The number of nitro groups is 1. The van der Waals surface area contributed by atoms with E-state index >= 15 is 0 Å². The van der Waals surface area contributed by atoms with Gasteiger partial charge in [-0.3, -0.25) is 14.9 Å². The van der Waals surface area contributed by atoms with Gasteiger partial charge in [-0.15, -0.1) is 0 Å². The number of carbonyl (C=O) groups excluding carboxylic acids is 1. The van der Waals surface area contributed by atoms with Crippen LogP contribution in [0.25, 0.3) is 6.08 Å². The van der Waals surface area contributed by atoms with Gasteiger partial charge in [-0.05, 0) is 73.5 Å². The van der Waals surface area contributed by atoms with Crippen molar-refractivity contribution in [3.05, 3.63) is 68.1 Å². The lowest BCUT2D eigenvalue weighted by atomic mass is 10.1. The van der Waals surface area contributed by atoms with Crippen LogP contribution in [0.5, 0.6) is 5.75 Å². The van der Waals surface area contributed by atoms with Crippen molar-refractivity contribution in [1.82, 2.24) is 5.32 Å². The molecule has 0 radical (unpaired) electrons. The summed E-state index contributed by atoms with van der Waals surface area (Å²) in [5.41, 5.74) is 3.45. The lowest BCUT2D eigenvalue weighted by molar-refractivity contribution is -0.385. The molecule has 1 amide bonds. The molecule has 28 heavy (non-hydrogen) atoms. The van der Waals surface area contributed by atoms with Gasteiger partial charge in [0.05, 0.1) is 22.1 Å². The Morgan fingerprint density at radius 1 is 1.21 bits per heavy atom. The van der Waals surface area contributed by atoms with E-state index in [1.54, 1.807) is 19.1 Å². The summed E-state index contributed by atoms with van der Waals surface area (Å²) >= 11 is 1.20. The fourth-order valence-corrected chi connectivity index (χ4v) is 3.43. The Bertz CT molecular complexity index is 1010. The minimum Gasteiger partial charge on any atom is -0.487 e. The van der Waals surface area contributed by atoms with E-state index in [4.69, 9.17) is 4.74 Å². The van der Waals surface area contributed by atoms with Gasteiger partial charge in [-0.1, -0.05) is 12.1 Å². The van der Waals surface area contributed by atoms with Crippen LogP contribution in [0, 0.1) is 24.0 Å². The summed E-state index contributed by atoms with van der Waals surface area (Å²) in [7, 11) is 0. The summed E-state index contributed by atoms with van der Waals surface area (Å²) in [5, 5.41) is 14.5. The molecule has 0 bridgehead atoms. The Morgan fingerprint density at radius 2 is 2.00 bits per heavy atom. The van der Waals surface area contributed by atoms with Crippen LogP contribution in [0.15, 0.2) is 46.3 Å². The summed E-state index contributed by atoms with van der Waals surface area (Å²) in [5.74, 6) is -0.0840. The summed E-state index contributed by atoms with van der Waals surface area (Å²) in [6.07, 6.45) is 1.60. The topological polar surface area (TPSA) is 93.8 Å². The number of hydrogen-bond acceptors (Lipinski definition) is 6. The second-order valence-electron chi connectivity index (χ2n) is 6.17. The minimum absolute atomic E-state index is 0.136. The van der Waals surface area contributed by atoms with Gasteiger partial charge in [0.15, 0.2) is 10.9 Å². The number of amidine groups is 1. The van der Waals surface area contributed by atoms with Gasteiger partial charge in [0.2, 0.25) is 0 Å². The van der Waals surface area contributed by atoms with Crippen molar-refractivity contribution in [3.8, 4) is 5.75 Å². The van der Waals surface area contributed by atoms with E-state index in [1.165, 1.54) is 29.5 Å². The van der Waals surface area contributed by atoms with Crippen molar-refractivity contribution in [3.63, 3.8) is 0 Å². The lowest BCUT2D eigenvalue weighted by Gasteiger charge is -2.04. The Kier molecular flexibility index (Phi) is 5.79. The Labute approximate surface area is 166 Å². The highest BCUT2D eigenvalue weighted by atomic mass is 32.2. The number of benzene rings is 2. The maximum absolute atomic E-state index is 12.2. The molecule has 1 aliphatic rings. The van der Waals surface area contributed by atoms with E-state index < -0.39 is 4.92 Å². The SMILES string of the molecule is CCOc1ccc(/C=C2/SC(=Nc3ccc(C)c(C)c3)NC2=O)cc1[N+](=O)[O-]. The van der Waals surface area contributed by atoms with E-state index in [-0.39, 0.29) is 17.3 Å². The Morgan fingerprint density at radius 3 is 2.68 bits per heavy atom. The largest absolute Gasteiger partial charge is 0.487 e. The fraction of sp³-hybridized carbons (Fsp3) is 0.200. The number of nitrogens with zero attached hydrogens (tertiary/aromatic N) is 2. The number of hydrogen-bond donors (Lipinski definition) is 1. The summed E-state index contributed by atoms with van der Waals surface area (Å²) in [6, 6.07) is 10.4. The Balaban J connectivity index is 1.86. The number of rotatable bonds is 5. The predicted molar refractivity (Wildman–Crippen MR) is 111 cm³/mol. The van der Waals surface area contributed by atoms with E-state index in [1.807, 2.05) is 32.0 Å². The number of ether oxygens (including phenoxy) is 1. The molecule has 2 aromatic carbocycles. The first-order valence-corrected chi connectivity index (χ1v) is 9.47. The van der Waals surface area contributed by atoms with Crippen LogP contribution in [0.4, 0.5) is 11.4 Å². The third-order valence-electron chi connectivity index (χ3n) is 4.15. The molecule has 3 rings (SSSR count). The summed E-state index contributed by atoms with van der Waals surface area (Å²) in [6.45, 7) is 6.12. The lowest BCUT2D eigenvalue weighted by Crippen LogP contribution is -2.19. The molecule has 0 saturated carbocycles. The van der Waals surface area contributed by atoms with Gasteiger partial charge in [0.1, 0.15) is 0 Å². The van der Waals surface area contributed by atoms with Crippen LogP contribution in [0.1, 0.15) is 23.6 Å². The molecule has 144 valence electrons. The van der Waals surface area contributed by atoms with Gasteiger partial charge >= 0.3 is 5.69 Å². The van der Waals surface area contributed by atoms with E-state index in [0.717, 1.165) is 11.3 Å². The summed E-state index contributed by atoms with van der Waals surface area (Å²) < 4.78 is 5.28. The normalized spacial score (nSPS) is 16.5. The Hall–Kier alpha value is -3.13. The van der Waals surface area contributed by atoms with Crippen LogP contribution in [0.2, 0.25) is 0 Å². The highest BCUT2D eigenvalue weighted by Crippen LogP contribution is 2.32. The van der Waals surface area contributed by atoms with Crippen LogP contribution >= 0.6 is 11.8 Å². The van der Waals surface area contributed by atoms with Crippen molar-refractivity contribution < 1.29 is 14.5 Å². The molecular weight excluding hydrogens is 378 g/mol. The average molecular weight is 397 g/mol. The molecule has 2 aromatic rings. The van der Waals surface area contributed by atoms with Crippen molar-refractivity contribution in [2.45, 2.75) is 20.8 Å². The molecule has 1 heterocycles. The first-order chi connectivity index (χ1) is 13.4. The zero-order valence-corrected chi connectivity index (χ0v) is 16.5. The predicted octanol–water partition coefficient (Wildman–Crippen LogP) is 4.50. The highest BCUT2D eigenvalue weighted by molar-refractivity contribution is 8.18. The number of nitrogens with one attached hydrogen (secondary N) is 1. The van der Waals surface area contributed by atoms with Gasteiger partial charge in [-0.2, -0.15) is 0 Å². The number of amides is 1. The first-order valence-electron chi connectivity index (χ1n) is 8.65. The van der Waals surface area contributed by atoms with Crippen LogP contribution < -0.4 is 10.1 Å². The minimum atomic E-state index is -0.499. The van der Waals surface area contributed by atoms with Gasteiger partial charge in [-0.25, -0.2) is 4.99 Å². The quantitative estimate of drug-likeness (QED) is 0.455. The van der Waals surface area contributed by atoms with Crippen LogP contribution in [-0.4, -0.2) is 22.6 Å². The monoisotopic (exact) mass is 397 g/mol. The molecule has 0 spiro atoms. The number of aryl methyl sites for hydroxylation is 2. The third-order valence-corrected chi connectivity index (χ3v) is 5.06. The molecule has 1 aliphatic heterocycles. The molecule has 0 atom stereocenters. The van der Waals surface area contributed by atoms with E-state index in [9.17, 15) is 14.9 Å². The molecule has 8 heteroatoms. The summed E-state index contributed by atoms with van der Waals surface area (Å²) in [4.78, 5) is 27.9. The zero-order valence-electron chi connectivity index (χ0n) is 15.7. The van der Waals surface area contributed by atoms with Crippen molar-refractivity contribution >= 4 is 40.3 Å². The molecule has 1 N–H and O–H groups in total. The van der Waals surface area contributed by atoms with Crippen molar-refractivity contribution in [2.24, 2.45) is 4.99 Å². The molecule has 0 aliphatic carbocycles. The van der Waals surface area contributed by atoms with Crippen LogP contribution in [0.3, 0.4) is 0 Å². The number of thioether (sulfide) groups is 1. The smallest absolute Gasteiger partial charge is 0.311 e. The maximum Gasteiger partial charge on any atom is 0.311 e. The maximum atomic E-state index is 12.2. The van der Waals surface area contributed by atoms with Crippen molar-refractivity contribution in [2.75, 3.05) is 6.61 Å². The van der Waals surface area contributed by atoms with Gasteiger partial charge in [0.25, 0.3) is 5.91 Å². The first kappa shape index (κ1) is 19.6. The fourth-order valence-electron chi connectivity index (χ4n) is 2.59. The molecule has 1 fully saturated rings. The van der Waals surface area contributed by atoms with Crippen LogP contribution in [-0.2, 0) is 4.79 Å². The standard InChI is InChI=1S/C20H19N3O4S/c1-4-27-17-8-6-14(10-16(17)23(25)26)11-18-19(24)22-20(28-18)21-15-7-5-12(2)13(3)9-15/h5-11H,4H2,1-3H3,(H,21,22,24)/b18-11+. The average Bonchev–Trinajstić information content (AvgIpc) is 2.98.